The third kappa shape index (κ3) is 6.87. The van der Waals surface area contributed by atoms with E-state index < -0.39 is 34.3 Å². The molecule has 196 valence electrons. The lowest BCUT2D eigenvalue weighted by Crippen LogP contribution is -2.52. The van der Waals surface area contributed by atoms with Gasteiger partial charge in [-0.15, -0.1) is 0 Å². The third-order valence-electron chi connectivity index (χ3n) is 5.76. The van der Waals surface area contributed by atoms with E-state index in [2.05, 4.69) is 5.32 Å². The molecular weight excluding hydrogens is 517 g/mol. The summed E-state index contributed by atoms with van der Waals surface area (Å²) in [5.41, 5.74) is 0.872. The first-order chi connectivity index (χ1) is 17.7. The number of amides is 2. The van der Waals surface area contributed by atoms with Crippen molar-refractivity contribution in [2.75, 3.05) is 17.4 Å². The molecule has 0 aliphatic heterocycles. The summed E-state index contributed by atoms with van der Waals surface area (Å²) in [4.78, 5) is 27.9. The number of likely N-dealkylation sites (N-methyl/N-ethyl adjacent to an activating group) is 1. The number of halogens is 2. The van der Waals surface area contributed by atoms with E-state index in [1.54, 1.807) is 68.4 Å². The van der Waals surface area contributed by atoms with Gasteiger partial charge in [0, 0.05) is 18.1 Å². The predicted molar refractivity (Wildman–Crippen MR) is 142 cm³/mol. The minimum absolute atomic E-state index is 0.00731. The fourth-order valence-corrected chi connectivity index (χ4v) is 5.49. The molecule has 1 atom stereocenters. The monoisotopic (exact) mass is 545 g/mol. The van der Waals surface area contributed by atoms with Crippen LogP contribution in [0.15, 0.2) is 83.8 Å². The van der Waals surface area contributed by atoms with Gasteiger partial charge in [0.25, 0.3) is 10.0 Å². The van der Waals surface area contributed by atoms with Crippen molar-refractivity contribution < 1.29 is 22.4 Å². The van der Waals surface area contributed by atoms with Crippen LogP contribution in [0.5, 0.6) is 0 Å². The minimum Gasteiger partial charge on any atom is -0.355 e. The zero-order chi connectivity index (χ0) is 27.0. The molecule has 1 N–H and O–H groups in total. The molecule has 0 saturated heterocycles. The summed E-state index contributed by atoms with van der Waals surface area (Å²) in [7, 11) is -4.25. The van der Waals surface area contributed by atoms with Gasteiger partial charge in [0.1, 0.15) is 18.4 Å². The predicted octanol–water partition coefficient (Wildman–Crippen LogP) is 4.62. The molecule has 0 aliphatic carbocycles. The normalized spacial score (nSPS) is 12.0. The molecule has 37 heavy (non-hydrogen) atoms. The highest BCUT2D eigenvalue weighted by Gasteiger charge is 2.33. The van der Waals surface area contributed by atoms with Crippen LogP contribution in [-0.4, -0.2) is 44.3 Å². The molecule has 0 spiro atoms. The number of para-hydroxylation sites is 1. The first kappa shape index (κ1) is 28.1. The van der Waals surface area contributed by atoms with Crippen molar-refractivity contribution in [3.05, 3.63) is 95.3 Å². The summed E-state index contributed by atoms with van der Waals surface area (Å²) < 4.78 is 41.7. The van der Waals surface area contributed by atoms with Gasteiger partial charge in [-0.2, -0.15) is 0 Å². The second-order valence-corrected chi connectivity index (χ2v) is 10.5. The molecule has 0 bridgehead atoms. The molecule has 0 radical (unpaired) electrons. The van der Waals surface area contributed by atoms with Crippen molar-refractivity contribution >= 4 is 39.1 Å². The van der Waals surface area contributed by atoms with E-state index in [-0.39, 0.29) is 23.0 Å². The van der Waals surface area contributed by atoms with Gasteiger partial charge in [-0.3, -0.25) is 13.9 Å². The first-order valence-electron chi connectivity index (χ1n) is 11.8. The highest BCUT2D eigenvalue weighted by atomic mass is 35.5. The van der Waals surface area contributed by atoms with Crippen LogP contribution in [0, 0.1) is 5.82 Å². The molecule has 0 aliphatic rings. The van der Waals surface area contributed by atoms with Crippen LogP contribution >= 0.6 is 11.6 Å². The molecule has 3 aromatic carbocycles. The molecule has 0 saturated carbocycles. The van der Waals surface area contributed by atoms with Crippen LogP contribution in [0.4, 0.5) is 10.1 Å². The van der Waals surface area contributed by atoms with Gasteiger partial charge in [-0.25, -0.2) is 12.8 Å². The Morgan fingerprint density at radius 2 is 1.57 bits per heavy atom. The molecule has 0 fully saturated rings. The number of carbonyl (C=O) groups excluding carboxylic acids is 2. The second kappa shape index (κ2) is 12.7. The zero-order valence-electron chi connectivity index (χ0n) is 20.6. The van der Waals surface area contributed by atoms with Crippen LogP contribution in [0.3, 0.4) is 0 Å². The molecule has 0 aromatic heterocycles. The Bertz CT molecular complexity index is 1320. The van der Waals surface area contributed by atoms with Crippen LogP contribution in [0.2, 0.25) is 5.02 Å². The van der Waals surface area contributed by atoms with Crippen molar-refractivity contribution in [1.29, 1.82) is 0 Å². The van der Waals surface area contributed by atoms with Gasteiger partial charge in [0.05, 0.1) is 10.6 Å². The van der Waals surface area contributed by atoms with E-state index in [0.717, 1.165) is 28.6 Å². The van der Waals surface area contributed by atoms with E-state index >= 15 is 0 Å². The number of carbonyl (C=O) groups is 2. The quantitative estimate of drug-likeness (QED) is 0.381. The topological polar surface area (TPSA) is 86.8 Å². The Kier molecular flexibility index (Phi) is 9.66. The Morgan fingerprint density at radius 1 is 0.946 bits per heavy atom. The van der Waals surface area contributed by atoms with E-state index in [0.29, 0.717) is 23.6 Å². The molecule has 10 heteroatoms. The molecule has 3 rings (SSSR count). The number of rotatable bonds is 11. The summed E-state index contributed by atoms with van der Waals surface area (Å²) >= 11 is 6.35. The van der Waals surface area contributed by atoms with E-state index in [4.69, 9.17) is 11.6 Å². The van der Waals surface area contributed by atoms with Gasteiger partial charge in [0.2, 0.25) is 11.8 Å². The zero-order valence-corrected chi connectivity index (χ0v) is 22.2. The molecule has 2 amide bonds. The largest absolute Gasteiger partial charge is 0.355 e. The fourth-order valence-electron chi connectivity index (χ4n) is 3.88. The molecule has 0 heterocycles. The van der Waals surface area contributed by atoms with Gasteiger partial charge in [-0.1, -0.05) is 54.9 Å². The standard InChI is InChI=1S/C27H29ClFN3O4S/c1-3-25(27(34)30-4-2)31(18-20-10-8-9-13-24(20)28)26(33)19-32(22-11-6-5-7-12-22)37(35,36)23-16-14-21(29)15-17-23/h5-17,25H,3-4,18-19H2,1-2H3,(H,30,34). The van der Waals surface area contributed by atoms with Crippen LogP contribution in [0.25, 0.3) is 0 Å². The second-order valence-electron chi connectivity index (χ2n) is 8.23. The van der Waals surface area contributed by atoms with Crippen LogP contribution in [0.1, 0.15) is 25.8 Å². The van der Waals surface area contributed by atoms with Crippen molar-refractivity contribution in [3.63, 3.8) is 0 Å². The third-order valence-corrected chi connectivity index (χ3v) is 7.92. The Hall–Kier alpha value is -3.43. The van der Waals surface area contributed by atoms with Gasteiger partial charge >= 0.3 is 0 Å². The maximum Gasteiger partial charge on any atom is 0.264 e. The molecule has 1 unspecified atom stereocenters. The molecule has 3 aromatic rings. The van der Waals surface area contributed by atoms with Gasteiger partial charge in [0.15, 0.2) is 0 Å². The Labute approximate surface area is 221 Å². The maximum absolute atomic E-state index is 13.8. The summed E-state index contributed by atoms with van der Waals surface area (Å²) in [5.74, 6) is -1.52. The Morgan fingerprint density at radius 3 is 2.16 bits per heavy atom. The van der Waals surface area contributed by atoms with Crippen molar-refractivity contribution in [2.45, 2.75) is 37.8 Å². The minimum atomic E-state index is -4.25. The lowest BCUT2D eigenvalue weighted by Gasteiger charge is -2.33. The van der Waals surface area contributed by atoms with E-state index in [9.17, 15) is 22.4 Å². The van der Waals surface area contributed by atoms with Crippen molar-refractivity contribution in [2.24, 2.45) is 0 Å². The molecule has 7 nitrogen and oxygen atoms in total. The number of nitrogens with one attached hydrogen (secondary N) is 1. The number of hydrogen-bond donors (Lipinski definition) is 1. The van der Waals surface area contributed by atoms with Crippen LogP contribution < -0.4 is 9.62 Å². The number of sulfonamides is 1. The highest BCUT2D eigenvalue weighted by molar-refractivity contribution is 7.92. The van der Waals surface area contributed by atoms with Crippen LogP contribution in [-0.2, 0) is 26.2 Å². The lowest BCUT2D eigenvalue weighted by atomic mass is 10.1. The summed E-state index contributed by atoms with van der Waals surface area (Å²) in [6.07, 6.45) is 0.304. The van der Waals surface area contributed by atoms with Crippen molar-refractivity contribution in [3.8, 4) is 0 Å². The van der Waals surface area contributed by atoms with Gasteiger partial charge < -0.3 is 10.2 Å². The number of anilines is 1. The highest BCUT2D eigenvalue weighted by Crippen LogP contribution is 2.25. The van der Waals surface area contributed by atoms with Crippen molar-refractivity contribution in [1.82, 2.24) is 10.2 Å². The number of hydrogen-bond acceptors (Lipinski definition) is 4. The van der Waals surface area contributed by atoms with E-state index in [1.165, 1.54) is 4.90 Å². The summed E-state index contributed by atoms with van der Waals surface area (Å²) in [5, 5.41) is 3.17. The summed E-state index contributed by atoms with van der Waals surface area (Å²) in [6.45, 7) is 3.35. The smallest absolute Gasteiger partial charge is 0.264 e. The number of nitrogens with zero attached hydrogens (tertiary/aromatic N) is 2. The first-order valence-corrected chi connectivity index (χ1v) is 13.6. The fraction of sp³-hybridized carbons (Fsp3) is 0.259. The average molecular weight is 546 g/mol. The average Bonchev–Trinajstić information content (AvgIpc) is 2.89. The van der Waals surface area contributed by atoms with E-state index in [1.807, 2.05) is 0 Å². The maximum atomic E-state index is 13.8. The lowest BCUT2D eigenvalue weighted by molar-refractivity contribution is -0.140. The summed E-state index contributed by atoms with van der Waals surface area (Å²) in [6, 6.07) is 18.6. The Balaban J connectivity index is 2.04. The SMILES string of the molecule is CCNC(=O)C(CC)N(Cc1ccccc1Cl)C(=O)CN(c1ccccc1)S(=O)(=O)c1ccc(F)cc1. The van der Waals surface area contributed by atoms with Gasteiger partial charge in [-0.05, 0) is 61.4 Å². The number of benzene rings is 3. The molecular formula is C27H29ClFN3O4S.